The predicted octanol–water partition coefficient (Wildman–Crippen LogP) is 0.498. The third kappa shape index (κ3) is 1.37. The van der Waals surface area contributed by atoms with E-state index in [1.165, 1.54) is 0 Å². The van der Waals surface area contributed by atoms with E-state index >= 15 is 0 Å². The second-order valence-corrected chi connectivity index (χ2v) is 3.81. The number of ether oxygens (including phenoxy) is 2. The van der Waals surface area contributed by atoms with Crippen LogP contribution in [0.2, 0.25) is 0 Å². The molecule has 70 valence electrons. The summed E-state index contributed by atoms with van der Waals surface area (Å²) in [4.78, 5) is 2.44. The molecular weight excluding hydrogens is 154 g/mol. The van der Waals surface area contributed by atoms with Gasteiger partial charge in [-0.3, -0.25) is 4.90 Å². The smallest absolute Gasteiger partial charge is 0.0652 e. The van der Waals surface area contributed by atoms with Crippen LogP contribution in [0.5, 0.6) is 0 Å². The molecule has 0 aromatic carbocycles. The Morgan fingerprint density at radius 3 is 2.50 bits per heavy atom. The number of rotatable bonds is 0. The van der Waals surface area contributed by atoms with Crippen molar-refractivity contribution in [3.8, 4) is 0 Å². The van der Waals surface area contributed by atoms with Gasteiger partial charge < -0.3 is 9.47 Å². The first-order chi connectivity index (χ1) is 5.83. The molecule has 2 heterocycles. The molecule has 3 nitrogen and oxygen atoms in total. The van der Waals surface area contributed by atoms with Gasteiger partial charge in [-0.15, -0.1) is 0 Å². The van der Waals surface area contributed by atoms with Crippen molar-refractivity contribution in [1.82, 2.24) is 4.90 Å². The predicted molar refractivity (Wildman–Crippen MR) is 46.2 cm³/mol. The minimum absolute atomic E-state index is 0.302. The van der Waals surface area contributed by atoms with Gasteiger partial charge in [-0.25, -0.2) is 0 Å². The van der Waals surface area contributed by atoms with Crippen LogP contribution in [0.4, 0.5) is 0 Å². The summed E-state index contributed by atoms with van der Waals surface area (Å²) >= 11 is 0. The largest absolute Gasteiger partial charge is 0.381 e. The molecule has 0 aromatic heterocycles. The minimum atomic E-state index is 0.302. The molecule has 0 aliphatic carbocycles. The van der Waals surface area contributed by atoms with Crippen molar-refractivity contribution in [3.63, 3.8) is 0 Å². The van der Waals surface area contributed by atoms with Gasteiger partial charge in [0, 0.05) is 25.3 Å². The van der Waals surface area contributed by atoms with E-state index in [2.05, 4.69) is 11.9 Å². The van der Waals surface area contributed by atoms with E-state index < -0.39 is 0 Å². The normalized spacial score (nSPS) is 30.8. The van der Waals surface area contributed by atoms with E-state index in [1.54, 1.807) is 0 Å². The highest BCUT2D eigenvalue weighted by Crippen LogP contribution is 2.29. The lowest BCUT2D eigenvalue weighted by Crippen LogP contribution is -2.57. The molecule has 1 spiro atoms. The zero-order valence-electron chi connectivity index (χ0n) is 7.71. The highest BCUT2D eigenvalue weighted by Gasteiger charge is 2.38. The van der Waals surface area contributed by atoms with Gasteiger partial charge in [0.25, 0.3) is 0 Å². The van der Waals surface area contributed by atoms with Crippen LogP contribution in [-0.4, -0.2) is 50.5 Å². The Morgan fingerprint density at radius 1 is 1.08 bits per heavy atom. The van der Waals surface area contributed by atoms with Crippen molar-refractivity contribution in [1.29, 1.82) is 0 Å². The summed E-state index contributed by atoms with van der Waals surface area (Å²) in [5.41, 5.74) is 0.302. The number of likely N-dealkylation sites (N-methyl/N-ethyl adjacent to an activating group) is 1. The molecule has 0 saturated carbocycles. The molecule has 2 rings (SSSR count). The lowest BCUT2D eigenvalue weighted by Gasteiger charge is -2.47. The maximum atomic E-state index is 5.54. The van der Waals surface area contributed by atoms with E-state index in [0.717, 1.165) is 45.8 Å². The Bertz CT molecular complexity index is 146. The molecule has 0 N–H and O–H groups in total. The van der Waals surface area contributed by atoms with Crippen molar-refractivity contribution in [2.75, 3.05) is 40.0 Å². The second-order valence-electron chi connectivity index (χ2n) is 3.81. The number of morpholine rings is 1. The van der Waals surface area contributed by atoms with E-state index in [0.29, 0.717) is 5.54 Å². The van der Waals surface area contributed by atoms with Gasteiger partial charge in [0.1, 0.15) is 0 Å². The quantitative estimate of drug-likeness (QED) is 0.529. The highest BCUT2D eigenvalue weighted by molar-refractivity contribution is 4.93. The maximum Gasteiger partial charge on any atom is 0.0652 e. The summed E-state index contributed by atoms with van der Waals surface area (Å²) in [5.74, 6) is 0. The average molecular weight is 171 g/mol. The molecule has 0 amide bonds. The Balaban J connectivity index is 2.04. The van der Waals surface area contributed by atoms with E-state index in [1.807, 2.05) is 0 Å². The van der Waals surface area contributed by atoms with Crippen molar-refractivity contribution in [2.45, 2.75) is 18.4 Å². The molecular formula is C9H17NO2. The monoisotopic (exact) mass is 171 g/mol. The van der Waals surface area contributed by atoms with Crippen molar-refractivity contribution >= 4 is 0 Å². The summed E-state index contributed by atoms with van der Waals surface area (Å²) in [7, 11) is 2.20. The van der Waals surface area contributed by atoms with Crippen LogP contribution < -0.4 is 0 Å². The first-order valence-corrected chi connectivity index (χ1v) is 4.70. The lowest BCUT2D eigenvalue weighted by atomic mass is 9.88. The Kier molecular flexibility index (Phi) is 2.35. The minimum Gasteiger partial charge on any atom is -0.381 e. The van der Waals surface area contributed by atoms with Gasteiger partial charge in [0.2, 0.25) is 0 Å². The van der Waals surface area contributed by atoms with Crippen molar-refractivity contribution < 1.29 is 9.47 Å². The van der Waals surface area contributed by atoms with Crippen molar-refractivity contribution in [3.05, 3.63) is 0 Å². The van der Waals surface area contributed by atoms with E-state index in [4.69, 9.17) is 9.47 Å². The molecule has 0 unspecified atom stereocenters. The average Bonchev–Trinajstić information content (AvgIpc) is 2.12. The van der Waals surface area contributed by atoms with Crippen molar-refractivity contribution in [2.24, 2.45) is 0 Å². The number of hydrogen-bond donors (Lipinski definition) is 0. The van der Waals surface area contributed by atoms with Gasteiger partial charge in [-0.05, 0) is 19.9 Å². The van der Waals surface area contributed by atoms with Crippen LogP contribution in [0.15, 0.2) is 0 Å². The Morgan fingerprint density at radius 2 is 1.83 bits per heavy atom. The summed E-state index contributed by atoms with van der Waals surface area (Å²) in [6, 6.07) is 0. The zero-order valence-corrected chi connectivity index (χ0v) is 7.71. The van der Waals surface area contributed by atoms with Crippen LogP contribution in [0.1, 0.15) is 12.8 Å². The molecule has 12 heavy (non-hydrogen) atoms. The lowest BCUT2D eigenvalue weighted by molar-refractivity contribution is -0.104. The van der Waals surface area contributed by atoms with Gasteiger partial charge in [0.15, 0.2) is 0 Å². The first-order valence-electron chi connectivity index (χ1n) is 4.70. The second kappa shape index (κ2) is 3.32. The van der Waals surface area contributed by atoms with Crippen LogP contribution in [0.3, 0.4) is 0 Å². The fourth-order valence-corrected chi connectivity index (χ4v) is 2.09. The third-order valence-corrected chi connectivity index (χ3v) is 3.18. The molecule has 2 fully saturated rings. The maximum absolute atomic E-state index is 5.54. The molecule has 3 heteroatoms. The SMILES string of the molecule is CN1CCOCC12CCOCC2. The summed E-state index contributed by atoms with van der Waals surface area (Å²) in [6.07, 6.45) is 2.26. The fraction of sp³-hybridized carbons (Fsp3) is 1.00. The fourth-order valence-electron chi connectivity index (χ4n) is 2.09. The topological polar surface area (TPSA) is 21.7 Å². The van der Waals surface area contributed by atoms with Crippen LogP contribution in [-0.2, 0) is 9.47 Å². The summed E-state index contributed by atoms with van der Waals surface area (Å²) in [5, 5.41) is 0. The van der Waals surface area contributed by atoms with Gasteiger partial charge in [-0.2, -0.15) is 0 Å². The van der Waals surface area contributed by atoms with Crippen LogP contribution in [0, 0.1) is 0 Å². The van der Waals surface area contributed by atoms with Gasteiger partial charge in [-0.1, -0.05) is 0 Å². The highest BCUT2D eigenvalue weighted by atomic mass is 16.5. The third-order valence-electron chi connectivity index (χ3n) is 3.18. The Labute approximate surface area is 73.6 Å². The van der Waals surface area contributed by atoms with E-state index in [9.17, 15) is 0 Å². The van der Waals surface area contributed by atoms with Crippen LogP contribution in [0.25, 0.3) is 0 Å². The molecule has 0 atom stereocenters. The molecule has 0 bridgehead atoms. The van der Waals surface area contributed by atoms with Gasteiger partial charge in [0.05, 0.1) is 13.2 Å². The number of hydrogen-bond acceptors (Lipinski definition) is 3. The molecule has 0 aromatic rings. The van der Waals surface area contributed by atoms with E-state index in [-0.39, 0.29) is 0 Å². The molecule has 0 radical (unpaired) electrons. The van der Waals surface area contributed by atoms with Crippen LogP contribution >= 0.6 is 0 Å². The van der Waals surface area contributed by atoms with Gasteiger partial charge >= 0.3 is 0 Å². The summed E-state index contributed by atoms with van der Waals surface area (Å²) < 4.78 is 10.9. The standard InChI is InChI=1S/C9H17NO2/c1-10-4-7-12-8-9(10)2-5-11-6-3-9/h2-8H2,1H3. The summed E-state index contributed by atoms with van der Waals surface area (Å²) in [6.45, 7) is 4.65. The first kappa shape index (κ1) is 8.48. The molecule has 2 saturated heterocycles. The molecule has 2 aliphatic heterocycles. The molecule has 2 aliphatic rings. The number of nitrogens with zero attached hydrogens (tertiary/aromatic N) is 1. The Hall–Kier alpha value is -0.120. The zero-order chi connectivity index (χ0) is 8.44.